The largest absolute Gasteiger partial charge is 0.399 e. The van der Waals surface area contributed by atoms with Gasteiger partial charge in [0.05, 0.1) is 0 Å². The number of hydrogen-bond donors (Lipinski definition) is 2. The van der Waals surface area contributed by atoms with Crippen LogP contribution in [0.4, 0.5) is 5.69 Å². The molecule has 0 fully saturated rings. The molecule has 100 valence electrons. The van der Waals surface area contributed by atoms with Crippen LogP contribution in [-0.2, 0) is 0 Å². The summed E-state index contributed by atoms with van der Waals surface area (Å²) in [7, 11) is 1.79. The predicted octanol–water partition coefficient (Wildman–Crippen LogP) is 1.71. The second-order valence-electron chi connectivity index (χ2n) is 5.05. The molecule has 0 aliphatic heterocycles. The van der Waals surface area contributed by atoms with Gasteiger partial charge in [-0.05, 0) is 30.5 Å². The first-order chi connectivity index (χ1) is 8.41. The molecule has 0 saturated carbocycles. The summed E-state index contributed by atoms with van der Waals surface area (Å²) in [6, 6.07) is 7.15. The number of nitrogens with zero attached hydrogens (tertiary/aromatic N) is 1. The van der Waals surface area contributed by atoms with E-state index in [2.05, 4.69) is 13.8 Å². The van der Waals surface area contributed by atoms with E-state index < -0.39 is 0 Å². The van der Waals surface area contributed by atoms with Gasteiger partial charge >= 0.3 is 0 Å². The van der Waals surface area contributed by atoms with Gasteiger partial charge in [0.2, 0.25) is 0 Å². The van der Waals surface area contributed by atoms with Gasteiger partial charge in [-0.1, -0.05) is 19.9 Å². The van der Waals surface area contributed by atoms with Crippen molar-refractivity contribution in [2.75, 3.05) is 19.3 Å². The van der Waals surface area contributed by atoms with Gasteiger partial charge in [0.1, 0.15) is 0 Å². The maximum atomic E-state index is 12.1. The summed E-state index contributed by atoms with van der Waals surface area (Å²) in [6.45, 7) is 4.84. The SMILES string of the molecule is CC(C)C(N)CCN(C)C(=O)c1cccc(N)c1. The number of hydrogen-bond acceptors (Lipinski definition) is 3. The molecule has 1 aromatic carbocycles. The Hall–Kier alpha value is -1.55. The van der Waals surface area contributed by atoms with E-state index >= 15 is 0 Å². The fraction of sp³-hybridized carbons (Fsp3) is 0.500. The second-order valence-corrected chi connectivity index (χ2v) is 5.05. The van der Waals surface area contributed by atoms with E-state index in [-0.39, 0.29) is 11.9 Å². The zero-order valence-corrected chi connectivity index (χ0v) is 11.4. The van der Waals surface area contributed by atoms with E-state index in [1.807, 2.05) is 0 Å². The maximum absolute atomic E-state index is 12.1. The molecular formula is C14H23N3O. The van der Waals surface area contributed by atoms with E-state index in [1.54, 1.807) is 36.2 Å². The molecule has 1 unspecified atom stereocenters. The van der Waals surface area contributed by atoms with Crippen LogP contribution >= 0.6 is 0 Å². The van der Waals surface area contributed by atoms with Crippen LogP contribution in [0.25, 0.3) is 0 Å². The molecule has 1 aromatic rings. The Balaban J connectivity index is 2.57. The van der Waals surface area contributed by atoms with E-state index in [1.165, 1.54) is 0 Å². The minimum Gasteiger partial charge on any atom is -0.399 e. The van der Waals surface area contributed by atoms with Gasteiger partial charge in [-0.15, -0.1) is 0 Å². The molecule has 4 N–H and O–H groups in total. The topological polar surface area (TPSA) is 72.3 Å². The molecule has 4 heteroatoms. The third kappa shape index (κ3) is 4.04. The van der Waals surface area contributed by atoms with Crippen LogP contribution in [0.2, 0.25) is 0 Å². The number of rotatable bonds is 5. The molecule has 0 aromatic heterocycles. The van der Waals surface area contributed by atoms with Gasteiger partial charge in [0.15, 0.2) is 0 Å². The number of nitrogens with two attached hydrogens (primary N) is 2. The first-order valence-corrected chi connectivity index (χ1v) is 6.28. The lowest BCUT2D eigenvalue weighted by Crippen LogP contribution is -2.34. The van der Waals surface area contributed by atoms with Crippen molar-refractivity contribution >= 4 is 11.6 Å². The molecule has 0 bridgehead atoms. The van der Waals surface area contributed by atoms with Crippen molar-refractivity contribution in [1.82, 2.24) is 4.90 Å². The molecule has 0 heterocycles. The fourth-order valence-corrected chi connectivity index (χ4v) is 1.67. The average molecular weight is 249 g/mol. The lowest BCUT2D eigenvalue weighted by atomic mass is 10.0. The Kier molecular flexibility index (Phi) is 5.16. The Labute approximate surface area is 109 Å². The maximum Gasteiger partial charge on any atom is 0.253 e. The molecule has 4 nitrogen and oxygen atoms in total. The third-order valence-electron chi connectivity index (χ3n) is 3.13. The van der Waals surface area contributed by atoms with Crippen LogP contribution in [0.5, 0.6) is 0 Å². The zero-order chi connectivity index (χ0) is 13.7. The van der Waals surface area contributed by atoms with Crippen molar-refractivity contribution in [3.8, 4) is 0 Å². The Bertz CT molecular complexity index is 404. The molecule has 18 heavy (non-hydrogen) atoms. The Morgan fingerprint density at radius 1 is 1.39 bits per heavy atom. The smallest absolute Gasteiger partial charge is 0.253 e. The molecule has 1 atom stereocenters. The lowest BCUT2D eigenvalue weighted by molar-refractivity contribution is 0.0789. The van der Waals surface area contributed by atoms with Crippen molar-refractivity contribution in [3.05, 3.63) is 29.8 Å². The number of anilines is 1. The van der Waals surface area contributed by atoms with Gasteiger partial charge in [0, 0.05) is 30.9 Å². The van der Waals surface area contributed by atoms with Crippen LogP contribution < -0.4 is 11.5 Å². The number of carbonyl (C=O) groups is 1. The summed E-state index contributed by atoms with van der Waals surface area (Å²) in [5, 5.41) is 0. The number of amides is 1. The van der Waals surface area contributed by atoms with Crippen molar-refractivity contribution in [1.29, 1.82) is 0 Å². The number of benzene rings is 1. The number of nitrogen functional groups attached to an aromatic ring is 1. The van der Waals surface area contributed by atoms with Crippen molar-refractivity contribution in [2.24, 2.45) is 11.7 Å². The van der Waals surface area contributed by atoms with Crippen LogP contribution in [0.1, 0.15) is 30.6 Å². The van der Waals surface area contributed by atoms with Crippen molar-refractivity contribution < 1.29 is 4.79 Å². The highest BCUT2D eigenvalue weighted by Gasteiger charge is 2.14. The monoisotopic (exact) mass is 249 g/mol. The van der Waals surface area contributed by atoms with Crippen molar-refractivity contribution in [3.63, 3.8) is 0 Å². The van der Waals surface area contributed by atoms with E-state index in [4.69, 9.17) is 11.5 Å². The summed E-state index contributed by atoms with van der Waals surface area (Å²) >= 11 is 0. The summed E-state index contributed by atoms with van der Waals surface area (Å²) in [5.41, 5.74) is 12.9. The zero-order valence-electron chi connectivity index (χ0n) is 11.4. The van der Waals surface area contributed by atoms with Crippen LogP contribution in [0.3, 0.4) is 0 Å². The summed E-state index contributed by atoms with van der Waals surface area (Å²) < 4.78 is 0. The average Bonchev–Trinajstić information content (AvgIpc) is 2.34. The van der Waals surface area contributed by atoms with Crippen LogP contribution in [0.15, 0.2) is 24.3 Å². The molecule has 0 spiro atoms. The fourth-order valence-electron chi connectivity index (χ4n) is 1.67. The quantitative estimate of drug-likeness (QED) is 0.780. The highest BCUT2D eigenvalue weighted by atomic mass is 16.2. The minimum atomic E-state index is -0.0155. The Morgan fingerprint density at radius 2 is 2.06 bits per heavy atom. The van der Waals surface area contributed by atoms with Crippen molar-refractivity contribution in [2.45, 2.75) is 26.3 Å². The molecule has 0 saturated heterocycles. The van der Waals surface area contributed by atoms with E-state index in [9.17, 15) is 4.79 Å². The van der Waals surface area contributed by atoms with Gasteiger partial charge in [-0.2, -0.15) is 0 Å². The van der Waals surface area contributed by atoms with Gasteiger partial charge in [-0.25, -0.2) is 0 Å². The second kappa shape index (κ2) is 6.40. The van der Waals surface area contributed by atoms with Gasteiger partial charge in [-0.3, -0.25) is 4.79 Å². The highest BCUT2D eigenvalue weighted by Crippen LogP contribution is 2.10. The molecule has 0 aliphatic carbocycles. The van der Waals surface area contributed by atoms with E-state index in [0.717, 1.165) is 6.42 Å². The summed E-state index contributed by atoms with van der Waals surface area (Å²) in [4.78, 5) is 13.8. The van der Waals surface area contributed by atoms with Crippen LogP contribution in [0, 0.1) is 5.92 Å². The Morgan fingerprint density at radius 3 is 2.61 bits per heavy atom. The first-order valence-electron chi connectivity index (χ1n) is 6.28. The molecular weight excluding hydrogens is 226 g/mol. The van der Waals surface area contributed by atoms with Crippen LogP contribution in [-0.4, -0.2) is 30.4 Å². The summed E-state index contributed by atoms with van der Waals surface area (Å²) in [5.74, 6) is 0.416. The van der Waals surface area contributed by atoms with E-state index in [0.29, 0.717) is 23.7 Å². The third-order valence-corrected chi connectivity index (χ3v) is 3.13. The molecule has 1 rings (SSSR count). The number of carbonyl (C=O) groups excluding carboxylic acids is 1. The molecule has 1 amide bonds. The normalized spacial score (nSPS) is 12.5. The standard InChI is InChI=1S/C14H23N3O/c1-10(2)13(16)7-8-17(3)14(18)11-5-4-6-12(15)9-11/h4-6,9-10,13H,7-8,15-16H2,1-3H3. The van der Waals surface area contributed by atoms with Gasteiger partial charge < -0.3 is 16.4 Å². The molecule has 0 aliphatic rings. The lowest BCUT2D eigenvalue weighted by Gasteiger charge is -2.21. The first kappa shape index (κ1) is 14.5. The highest BCUT2D eigenvalue weighted by molar-refractivity contribution is 5.94. The predicted molar refractivity (Wildman–Crippen MR) is 75.2 cm³/mol. The summed E-state index contributed by atoms with van der Waals surface area (Å²) in [6.07, 6.45) is 0.808. The van der Waals surface area contributed by atoms with Gasteiger partial charge in [0.25, 0.3) is 5.91 Å². The minimum absolute atomic E-state index is 0.0155. The molecule has 0 radical (unpaired) electrons.